The molecule has 1 heterocycles. The number of rotatable bonds is 7. The van der Waals surface area contributed by atoms with E-state index in [0.29, 0.717) is 0 Å². The Morgan fingerprint density at radius 1 is 1.17 bits per heavy atom. The fourth-order valence-electron chi connectivity index (χ4n) is 3.83. The molecule has 1 N–H and O–H groups in total. The number of amides is 1. The zero-order chi connectivity index (χ0) is 20.8. The zero-order valence-corrected chi connectivity index (χ0v) is 18.0. The lowest BCUT2D eigenvalue weighted by molar-refractivity contribution is -0.127. The van der Waals surface area contributed by atoms with Gasteiger partial charge in [-0.15, -0.1) is 0 Å². The van der Waals surface area contributed by atoms with Crippen molar-refractivity contribution in [3.05, 3.63) is 58.6 Å². The van der Waals surface area contributed by atoms with Gasteiger partial charge >= 0.3 is 0 Å². The first-order chi connectivity index (χ1) is 14.0. The quantitative estimate of drug-likeness (QED) is 0.724. The first-order valence-electron chi connectivity index (χ1n) is 9.99. The number of methoxy groups -OCH3 is 2. The molecule has 0 unspecified atom stereocenters. The minimum atomic E-state index is -0.156. The van der Waals surface area contributed by atoms with E-state index >= 15 is 0 Å². The average Bonchev–Trinajstić information content (AvgIpc) is 2.73. The zero-order valence-electron chi connectivity index (χ0n) is 17.3. The highest BCUT2D eigenvalue weighted by molar-refractivity contribution is 6.30. The van der Waals surface area contributed by atoms with Crippen molar-refractivity contribution in [2.75, 3.05) is 27.3 Å². The van der Waals surface area contributed by atoms with Crippen molar-refractivity contribution in [1.29, 1.82) is 0 Å². The number of nitrogens with one attached hydrogen (secondary N) is 1. The van der Waals surface area contributed by atoms with Crippen molar-refractivity contribution >= 4 is 17.5 Å². The summed E-state index contributed by atoms with van der Waals surface area (Å²) in [5.41, 5.74) is 2.12. The molecule has 3 rings (SSSR count). The van der Waals surface area contributed by atoms with Gasteiger partial charge in [0.1, 0.15) is 11.5 Å². The molecule has 0 aromatic heterocycles. The van der Waals surface area contributed by atoms with Gasteiger partial charge < -0.3 is 14.8 Å². The van der Waals surface area contributed by atoms with E-state index in [2.05, 4.69) is 16.3 Å². The number of piperidine rings is 1. The summed E-state index contributed by atoms with van der Waals surface area (Å²) in [4.78, 5) is 15.2. The molecule has 29 heavy (non-hydrogen) atoms. The Hall–Kier alpha value is -2.24. The third-order valence-corrected chi connectivity index (χ3v) is 5.75. The Labute approximate surface area is 177 Å². The molecule has 1 saturated heterocycles. The number of hydrogen-bond donors (Lipinski definition) is 1. The number of nitrogens with zero attached hydrogens (tertiary/aromatic N) is 1. The predicted octanol–water partition coefficient (Wildman–Crippen LogP) is 4.45. The number of hydrogen-bond acceptors (Lipinski definition) is 4. The molecule has 156 valence electrons. The number of halogens is 1. The van der Waals surface area contributed by atoms with Crippen LogP contribution in [0.4, 0.5) is 0 Å². The van der Waals surface area contributed by atoms with E-state index in [1.807, 2.05) is 43.3 Å². The molecule has 1 atom stereocenters. The number of ether oxygens (including phenoxy) is 2. The molecular formula is C23H29ClN2O3. The van der Waals surface area contributed by atoms with Crippen LogP contribution in [0.2, 0.25) is 5.02 Å². The molecule has 1 fully saturated rings. The summed E-state index contributed by atoms with van der Waals surface area (Å²) in [7, 11) is 3.27. The molecule has 0 spiro atoms. The van der Waals surface area contributed by atoms with E-state index in [1.165, 1.54) is 5.56 Å². The highest BCUT2D eigenvalue weighted by Gasteiger charge is 2.26. The molecule has 0 aliphatic carbocycles. The highest BCUT2D eigenvalue weighted by Crippen LogP contribution is 2.30. The van der Waals surface area contributed by atoms with E-state index in [9.17, 15) is 4.79 Å². The SMILES string of the molecule is COc1ccc(OC)c([C@H](C)NC(=O)C2CCN(Cc3cccc(Cl)c3)CC2)c1. The van der Waals surface area contributed by atoms with Crippen LogP contribution < -0.4 is 14.8 Å². The Kier molecular flexibility index (Phi) is 7.40. The molecule has 6 heteroatoms. The van der Waals surface area contributed by atoms with Gasteiger partial charge in [0.05, 0.1) is 20.3 Å². The average molecular weight is 417 g/mol. The van der Waals surface area contributed by atoms with Crippen LogP contribution in [0.5, 0.6) is 11.5 Å². The minimum Gasteiger partial charge on any atom is -0.497 e. The molecule has 0 saturated carbocycles. The summed E-state index contributed by atoms with van der Waals surface area (Å²) < 4.78 is 10.8. The Balaban J connectivity index is 1.54. The summed E-state index contributed by atoms with van der Waals surface area (Å²) in [6.45, 7) is 4.65. The second kappa shape index (κ2) is 9.99. The first kappa shape index (κ1) is 21.5. The van der Waals surface area contributed by atoms with Crippen LogP contribution in [0.15, 0.2) is 42.5 Å². The van der Waals surface area contributed by atoms with Crippen LogP contribution in [-0.4, -0.2) is 38.1 Å². The molecule has 0 radical (unpaired) electrons. The Morgan fingerprint density at radius 3 is 2.59 bits per heavy atom. The van der Waals surface area contributed by atoms with Gasteiger partial charge in [0.2, 0.25) is 5.91 Å². The van der Waals surface area contributed by atoms with E-state index in [-0.39, 0.29) is 17.9 Å². The molecule has 1 aliphatic rings. The van der Waals surface area contributed by atoms with Gasteiger partial charge in [-0.05, 0) is 68.8 Å². The topological polar surface area (TPSA) is 50.8 Å². The van der Waals surface area contributed by atoms with Crippen molar-refractivity contribution in [2.45, 2.75) is 32.4 Å². The highest BCUT2D eigenvalue weighted by atomic mass is 35.5. The molecule has 1 aliphatic heterocycles. The lowest BCUT2D eigenvalue weighted by Gasteiger charge is -2.32. The Bertz CT molecular complexity index is 835. The van der Waals surface area contributed by atoms with Gasteiger partial charge in [-0.25, -0.2) is 0 Å². The normalized spacial score (nSPS) is 16.3. The van der Waals surface area contributed by atoms with Crippen LogP contribution >= 0.6 is 11.6 Å². The van der Waals surface area contributed by atoms with E-state index in [1.54, 1.807) is 14.2 Å². The molecule has 2 aromatic carbocycles. The second-order valence-corrected chi connectivity index (χ2v) is 7.95. The summed E-state index contributed by atoms with van der Waals surface area (Å²) in [5.74, 6) is 1.63. The maximum atomic E-state index is 12.8. The van der Waals surface area contributed by atoms with Crippen molar-refractivity contribution in [2.24, 2.45) is 5.92 Å². The number of benzene rings is 2. The van der Waals surface area contributed by atoms with E-state index < -0.39 is 0 Å². The fraction of sp³-hybridized carbons (Fsp3) is 0.435. The smallest absolute Gasteiger partial charge is 0.223 e. The lowest BCUT2D eigenvalue weighted by atomic mass is 9.94. The fourth-order valence-corrected chi connectivity index (χ4v) is 4.05. The van der Waals surface area contributed by atoms with Gasteiger partial charge in [0.15, 0.2) is 0 Å². The summed E-state index contributed by atoms with van der Waals surface area (Å²) >= 11 is 6.08. The number of likely N-dealkylation sites (tertiary alicyclic amines) is 1. The van der Waals surface area contributed by atoms with Crippen molar-refractivity contribution < 1.29 is 14.3 Å². The first-order valence-corrected chi connectivity index (χ1v) is 10.4. The number of carbonyl (C=O) groups is 1. The van der Waals surface area contributed by atoms with Gasteiger partial charge in [-0.3, -0.25) is 9.69 Å². The number of carbonyl (C=O) groups excluding carboxylic acids is 1. The van der Waals surface area contributed by atoms with Crippen LogP contribution in [0.1, 0.15) is 36.9 Å². The molecular weight excluding hydrogens is 388 g/mol. The van der Waals surface area contributed by atoms with Crippen molar-refractivity contribution in [1.82, 2.24) is 10.2 Å². The van der Waals surface area contributed by atoms with Crippen LogP contribution in [-0.2, 0) is 11.3 Å². The summed E-state index contributed by atoms with van der Waals surface area (Å²) in [5, 5.41) is 3.92. The molecule has 2 aromatic rings. The van der Waals surface area contributed by atoms with Gasteiger partial charge in [0.25, 0.3) is 0 Å². The van der Waals surface area contributed by atoms with Crippen LogP contribution in [0.25, 0.3) is 0 Å². The Morgan fingerprint density at radius 2 is 1.93 bits per heavy atom. The molecule has 5 nitrogen and oxygen atoms in total. The lowest BCUT2D eigenvalue weighted by Crippen LogP contribution is -2.40. The van der Waals surface area contributed by atoms with Gasteiger partial charge in [-0.1, -0.05) is 23.7 Å². The van der Waals surface area contributed by atoms with Crippen molar-refractivity contribution in [3.8, 4) is 11.5 Å². The maximum absolute atomic E-state index is 12.8. The van der Waals surface area contributed by atoms with Gasteiger partial charge in [-0.2, -0.15) is 0 Å². The van der Waals surface area contributed by atoms with Crippen LogP contribution in [0.3, 0.4) is 0 Å². The third kappa shape index (κ3) is 5.64. The summed E-state index contributed by atoms with van der Waals surface area (Å²) in [6, 6.07) is 13.4. The standard InChI is InChI=1S/C23H29ClN2O3/c1-16(21-14-20(28-2)7-8-22(21)29-3)25-23(27)18-9-11-26(12-10-18)15-17-5-4-6-19(24)13-17/h4-8,13-14,16,18H,9-12,15H2,1-3H3,(H,25,27)/t16-/m0/s1. The maximum Gasteiger partial charge on any atom is 0.223 e. The van der Waals surface area contributed by atoms with Crippen LogP contribution in [0, 0.1) is 5.92 Å². The monoisotopic (exact) mass is 416 g/mol. The van der Waals surface area contributed by atoms with Crippen molar-refractivity contribution in [3.63, 3.8) is 0 Å². The second-order valence-electron chi connectivity index (χ2n) is 7.52. The molecule has 0 bridgehead atoms. The predicted molar refractivity (Wildman–Crippen MR) is 116 cm³/mol. The summed E-state index contributed by atoms with van der Waals surface area (Å²) in [6.07, 6.45) is 1.71. The molecule has 1 amide bonds. The third-order valence-electron chi connectivity index (χ3n) is 5.52. The van der Waals surface area contributed by atoms with E-state index in [4.69, 9.17) is 21.1 Å². The van der Waals surface area contributed by atoms with E-state index in [0.717, 1.165) is 54.6 Å². The largest absolute Gasteiger partial charge is 0.497 e. The minimum absolute atomic E-state index is 0.0321. The van der Waals surface area contributed by atoms with Gasteiger partial charge in [0, 0.05) is 23.0 Å².